The van der Waals surface area contributed by atoms with Crippen molar-refractivity contribution < 1.29 is 29.3 Å². The number of ether oxygens (including phenoxy) is 2. The fourth-order valence-corrected chi connectivity index (χ4v) is 5.43. The molecular weight excluding hydrogens is 556 g/mol. The Balaban J connectivity index is 3.25. The molecular formula is C36H72N2O6. The summed E-state index contributed by atoms with van der Waals surface area (Å²) in [5, 5.41) is 22.9. The quantitative estimate of drug-likeness (QED) is 0.0520. The molecule has 0 spiro atoms. The van der Waals surface area contributed by atoms with Gasteiger partial charge in [0, 0.05) is 26.3 Å². The number of aliphatic hydroxyl groups excluding tert-OH is 2. The molecule has 0 aromatic rings. The second-order valence-electron chi connectivity index (χ2n) is 12.5. The summed E-state index contributed by atoms with van der Waals surface area (Å²) in [7, 11) is 0. The summed E-state index contributed by atoms with van der Waals surface area (Å²) in [6, 6.07) is 0. The molecule has 262 valence electrons. The second-order valence-corrected chi connectivity index (χ2v) is 12.5. The zero-order chi connectivity index (χ0) is 32.0. The third kappa shape index (κ3) is 36.7. The standard InChI is InChI=1S/C36H72N2O6/c39-31-25-21-17-13-9-5-1-3-7-11-15-19-23-27-33-43-35(41)37-29-30-38-36(42)44-34-28-24-20-16-12-8-4-2-6-10-14-18-22-26-32-40/h39-40H,1-34H2,(H,37,41)(H,38,42). The highest BCUT2D eigenvalue weighted by Crippen LogP contribution is 2.14. The SMILES string of the molecule is O=C(NCCNC(=O)OCCCCCCCCCCCCCCCCO)OCCCCCCCCCCCCCCCCO. The number of alkyl carbamates (subject to hydrolysis) is 2. The van der Waals surface area contributed by atoms with Crippen LogP contribution in [0.5, 0.6) is 0 Å². The predicted molar refractivity (Wildman–Crippen MR) is 182 cm³/mol. The van der Waals surface area contributed by atoms with Crippen molar-refractivity contribution in [2.45, 2.75) is 180 Å². The van der Waals surface area contributed by atoms with E-state index in [0.29, 0.717) is 39.5 Å². The summed E-state index contributed by atoms with van der Waals surface area (Å²) in [4.78, 5) is 23.6. The summed E-state index contributed by atoms with van der Waals surface area (Å²) in [6.07, 6.45) is 33.3. The molecule has 0 aliphatic carbocycles. The van der Waals surface area contributed by atoms with Crippen molar-refractivity contribution in [2.24, 2.45) is 0 Å². The number of amides is 2. The first-order chi connectivity index (χ1) is 21.7. The van der Waals surface area contributed by atoms with Crippen LogP contribution in [0.25, 0.3) is 0 Å². The van der Waals surface area contributed by atoms with E-state index in [1.807, 2.05) is 0 Å². The van der Waals surface area contributed by atoms with Crippen LogP contribution in [0.1, 0.15) is 180 Å². The average Bonchev–Trinajstić information content (AvgIpc) is 3.02. The normalized spacial score (nSPS) is 11.0. The molecule has 0 bridgehead atoms. The van der Waals surface area contributed by atoms with Gasteiger partial charge in [0.1, 0.15) is 0 Å². The lowest BCUT2D eigenvalue weighted by Gasteiger charge is -2.09. The van der Waals surface area contributed by atoms with Crippen molar-refractivity contribution in [3.05, 3.63) is 0 Å². The Kier molecular flexibility index (Phi) is 36.3. The van der Waals surface area contributed by atoms with E-state index in [4.69, 9.17) is 19.7 Å². The first kappa shape index (κ1) is 42.5. The molecule has 0 heterocycles. The number of unbranched alkanes of at least 4 members (excludes halogenated alkanes) is 26. The van der Waals surface area contributed by atoms with Crippen molar-refractivity contribution >= 4 is 12.2 Å². The average molecular weight is 629 g/mol. The topological polar surface area (TPSA) is 117 Å². The van der Waals surface area contributed by atoms with Gasteiger partial charge in [-0.3, -0.25) is 0 Å². The minimum atomic E-state index is -0.432. The van der Waals surface area contributed by atoms with Crippen molar-refractivity contribution in [1.82, 2.24) is 10.6 Å². The summed E-state index contributed by atoms with van der Waals surface area (Å²) < 4.78 is 10.4. The molecule has 0 aliphatic rings. The number of aliphatic hydroxyl groups is 2. The van der Waals surface area contributed by atoms with Crippen LogP contribution >= 0.6 is 0 Å². The number of carbonyl (C=O) groups excluding carboxylic acids is 2. The molecule has 0 fully saturated rings. The number of hydrogen-bond acceptors (Lipinski definition) is 6. The van der Waals surface area contributed by atoms with Crippen LogP contribution in [-0.2, 0) is 9.47 Å². The van der Waals surface area contributed by atoms with Gasteiger partial charge in [-0.2, -0.15) is 0 Å². The third-order valence-corrected chi connectivity index (χ3v) is 8.23. The molecule has 8 nitrogen and oxygen atoms in total. The van der Waals surface area contributed by atoms with Gasteiger partial charge in [0.05, 0.1) is 13.2 Å². The van der Waals surface area contributed by atoms with Crippen LogP contribution in [0, 0.1) is 0 Å². The minimum absolute atomic E-state index is 0.322. The Morgan fingerprint density at radius 1 is 0.341 bits per heavy atom. The van der Waals surface area contributed by atoms with Gasteiger partial charge >= 0.3 is 12.2 Å². The Labute approximate surface area is 271 Å². The maximum atomic E-state index is 11.8. The predicted octanol–water partition coefficient (Wildman–Crippen LogP) is 9.35. The van der Waals surface area contributed by atoms with Crippen LogP contribution in [0.3, 0.4) is 0 Å². The van der Waals surface area contributed by atoms with Crippen LogP contribution in [-0.4, -0.2) is 61.9 Å². The molecule has 0 rings (SSSR count). The fourth-order valence-electron chi connectivity index (χ4n) is 5.43. The highest BCUT2D eigenvalue weighted by molar-refractivity contribution is 5.68. The number of rotatable bonds is 35. The molecule has 0 saturated carbocycles. The van der Waals surface area contributed by atoms with E-state index in [9.17, 15) is 9.59 Å². The molecule has 8 heteroatoms. The van der Waals surface area contributed by atoms with Gasteiger partial charge in [-0.1, -0.05) is 154 Å². The third-order valence-electron chi connectivity index (χ3n) is 8.23. The Hall–Kier alpha value is -1.54. The van der Waals surface area contributed by atoms with Gasteiger partial charge in [-0.15, -0.1) is 0 Å². The molecule has 0 unspecified atom stereocenters. The molecule has 0 radical (unpaired) electrons. The monoisotopic (exact) mass is 629 g/mol. The van der Waals surface area contributed by atoms with Gasteiger partial charge in [0.15, 0.2) is 0 Å². The Morgan fingerprint density at radius 2 is 0.545 bits per heavy atom. The summed E-state index contributed by atoms with van der Waals surface area (Å²) in [6.45, 7) is 2.18. The number of hydrogen-bond donors (Lipinski definition) is 4. The van der Waals surface area contributed by atoms with Crippen LogP contribution in [0.2, 0.25) is 0 Å². The van der Waals surface area contributed by atoms with E-state index in [0.717, 1.165) is 38.5 Å². The number of nitrogens with one attached hydrogen (secondary N) is 2. The van der Waals surface area contributed by atoms with Crippen LogP contribution < -0.4 is 10.6 Å². The lowest BCUT2D eigenvalue weighted by Crippen LogP contribution is -2.35. The van der Waals surface area contributed by atoms with E-state index >= 15 is 0 Å². The first-order valence-electron chi connectivity index (χ1n) is 18.7. The maximum Gasteiger partial charge on any atom is 0.407 e. The van der Waals surface area contributed by atoms with Crippen LogP contribution in [0.15, 0.2) is 0 Å². The lowest BCUT2D eigenvalue weighted by atomic mass is 10.0. The largest absolute Gasteiger partial charge is 0.450 e. The highest BCUT2D eigenvalue weighted by Gasteiger charge is 2.04. The molecule has 0 aromatic heterocycles. The molecule has 2 amide bonds. The van der Waals surface area contributed by atoms with E-state index < -0.39 is 12.2 Å². The Morgan fingerprint density at radius 3 is 0.773 bits per heavy atom. The second kappa shape index (κ2) is 37.6. The van der Waals surface area contributed by atoms with Gasteiger partial charge in [-0.25, -0.2) is 9.59 Å². The Bertz CT molecular complexity index is 543. The van der Waals surface area contributed by atoms with Crippen LogP contribution in [0.4, 0.5) is 9.59 Å². The summed E-state index contributed by atoms with van der Waals surface area (Å²) in [5.41, 5.74) is 0. The van der Waals surface area contributed by atoms with Gasteiger partial charge in [0.25, 0.3) is 0 Å². The van der Waals surface area contributed by atoms with Crippen molar-refractivity contribution in [3.63, 3.8) is 0 Å². The van der Waals surface area contributed by atoms with E-state index in [1.165, 1.54) is 141 Å². The smallest absolute Gasteiger partial charge is 0.407 e. The lowest BCUT2D eigenvalue weighted by molar-refractivity contribution is 0.139. The number of carbonyl (C=O) groups is 2. The van der Waals surface area contributed by atoms with E-state index in [-0.39, 0.29) is 0 Å². The van der Waals surface area contributed by atoms with Gasteiger partial charge < -0.3 is 30.3 Å². The molecule has 0 aliphatic heterocycles. The minimum Gasteiger partial charge on any atom is -0.450 e. The zero-order valence-corrected chi connectivity index (χ0v) is 28.6. The fraction of sp³-hybridized carbons (Fsp3) is 0.944. The van der Waals surface area contributed by atoms with Crippen molar-refractivity contribution in [2.75, 3.05) is 39.5 Å². The summed E-state index contributed by atoms with van der Waals surface area (Å²) >= 11 is 0. The highest BCUT2D eigenvalue weighted by atomic mass is 16.6. The van der Waals surface area contributed by atoms with E-state index in [2.05, 4.69) is 10.6 Å². The molecule has 0 saturated heterocycles. The zero-order valence-electron chi connectivity index (χ0n) is 28.6. The van der Waals surface area contributed by atoms with Crippen molar-refractivity contribution in [3.8, 4) is 0 Å². The van der Waals surface area contributed by atoms with Crippen molar-refractivity contribution in [1.29, 1.82) is 0 Å². The van der Waals surface area contributed by atoms with Gasteiger partial charge in [-0.05, 0) is 25.7 Å². The molecule has 0 atom stereocenters. The molecule has 44 heavy (non-hydrogen) atoms. The van der Waals surface area contributed by atoms with Gasteiger partial charge in [0.2, 0.25) is 0 Å². The maximum absolute atomic E-state index is 11.8. The first-order valence-corrected chi connectivity index (χ1v) is 18.7. The summed E-state index contributed by atoms with van der Waals surface area (Å²) in [5.74, 6) is 0. The van der Waals surface area contributed by atoms with E-state index in [1.54, 1.807) is 0 Å². The molecule has 0 aromatic carbocycles. The molecule has 4 N–H and O–H groups in total.